The van der Waals surface area contributed by atoms with Crippen LogP contribution in [0.15, 0.2) is 56.8 Å². The van der Waals surface area contributed by atoms with Crippen molar-refractivity contribution in [1.29, 1.82) is 0 Å². The summed E-state index contributed by atoms with van der Waals surface area (Å²) in [6.45, 7) is 0. The number of phenolic OH excluding ortho intramolecular Hbond substituents is 1. The number of methoxy groups -OCH3 is 1. The summed E-state index contributed by atoms with van der Waals surface area (Å²) in [5.74, 6) is -0.169. The minimum absolute atomic E-state index is 0.000117. The number of hydrogen-bond acceptors (Lipinski definition) is 5. The number of guanidine groups is 1. The Balaban J connectivity index is 2.20. The van der Waals surface area contributed by atoms with Crippen LogP contribution in [-0.2, 0) is 10.0 Å². The molecule has 9 heteroatoms. The number of hydrogen-bond donors (Lipinski definition) is 3. The van der Waals surface area contributed by atoms with Gasteiger partial charge in [-0.3, -0.25) is 4.99 Å². The van der Waals surface area contributed by atoms with Gasteiger partial charge in [-0.15, -0.1) is 4.40 Å². The first-order valence-corrected chi connectivity index (χ1v) is 8.13. The third kappa shape index (κ3) is 4.23. The first kappa shape index (κ1) is 17.3. The van der Waals surface area contributed by atoms with Crippen LogP contribution in [0.5, 0.6) is 11.5 Å². The van der Waals surface area contributed by atoms with Crippen molar-refractivity contribution in [3.63, 3.8) is 0 Å². The van der Waals surface area contributed by atoms with Crippen LogP contribution >= 0.6 is 0 Å². The Labute approximate surface area is 139 Å². The third-order valence-corrected chi connectivity index (χ3v) is 4.24. The molecule has 2 aromatic carbocycles. The van der Waals surface area contributed by atoms with Crippen LogP contribution < -0.4 is 16.2 Å². The minimum Gasteiger partial charge on any atom is -0.504 e. The molecule has 0 aliphatic carbocycles. The molecule has 0 saturated heterocycles. The van der Waals surface area contributed by atoms with E-state index in [9.17, 15) is 13.5 Å². The second-order valence-corrected chi connectivity index (χ2v) is 6.28. The monoisotopic (exact) mass is 348 g/mol. The number of aromatic hydroxyl groups is 1. The summed E-state index contributed by atoms with van der Waals surface area (Å²) in [6.07, 6.45) is 1.53. The Morgan fingerprint density at radius 3 is 2.38 bits per heavy atom. The van der Waals surface area contributed by atoms with E-state index in [1.807, 2.05) is 0 Å². The van der Waals surface area contributed by atoms with Gasteiger partial charge in [0, 0.05) is 6.21 Å². The van der Waals surface area contributed by atoms with Gasteiger partial charge in [-0.05, 0) is 48.0 Å². The number of phenols is 1. The van der Waals surface area contributed by atoms with Gasteiger partial charge in [0.1, 0.15) is 0 Å². The third-order valence-electron chi connectivity index (χ3n) is 2.93. The largest absolute Gasteiger partial charge is 0.504 e. The predicted molar refractivity (Wildman–Crippen MR) is 91.4 cm³/mol. The predicted octanol–water partition coefficient (Wildman–Crippen LogP) is 1.11. The number of aliphatic imine (C=N–C) groups is 1. The summed E-state index contributed by atoms with van der Waals surface area (Å²) in [5, 5.41) is 9.70. The normalized spacial score (nSPS) is 11.4. The van der Waals surface area contributed by atoms with E-state index < -0.39 is 16.0 Å². The number of nitrogens with two attached hydrogens (primary N) is 2. The highest BCUT2D eigenvalue weighted by Gasteiger charge is 2.12. The molecule has 0 saturated carbocycles. The Morgan fingerprint density at radius 1 is 1.17 bits per heavy atom. The van der Waals surface area contributed by atoms with Crippen LogP contribution in [-0.4, -0.2) is 32.8 Å². The zero-order valence-electron chi connectivity index (χ0n) is 12.7. The first-order valence-electron chi connectivity index (χ1n) is 6.69. The van der Waals surface area contributed by atoms with Crippen LogP contribution in [0.4, 0.5) is 5.69 Å². The summed E-state index contributed by atoms with van der Waals surface area (Å²) in [5.41, 5.74) is 11.4. The number of ether oxygens (including phenoxy) is 1. The van der Waals surface area contributed by atoms with Gasteiger partial charge in [0.15, 0.2) is 11.5 Å². The molecule has 2 aromatic rings. The minimum atomic E-state index is -3.92. The van der Waals surface area contributed by atoms with Crippen molar-refractivity contribution >= 4 is 27.9 Å². The van der Waals surface area contributed by atoms with E-state index in [0.29, 0.717) is 17.0 Å². The average molecular weight is 348 g/mol. The van der Waals surface area contributed by atoms with E-state index in [2.05, 4.69) is 9.39 Å². The molecule has 0 atom stereocenters. The Hall–Kier alpha value is -3.07. The van der Waals surface area contributed by atoms with E-state index >= 15 is 0 Å². The van der Waals surface area contributed by atoms with E-state index in [0.717, 1.165) is 0 Å². The van der Waals surface area contributed by atoms with E-state index in [1.165, 1.54) is 43.7 Å². The lowest BCUT2D eigenvalue weighted by atomic mass is 10.2. The maximum absolute atomic E-state index is 11.8. The van der Waals surface area contributed by atoms with Gasteiger partial charge in [0.25, 0.3) is 10.0 Å². The number of rotatable bonds is 5. The maximum Gasteiger partial charge on any atom is 0.285 e. The molecule has 0 aliphatic rings. The van der Waals surface area contributed by atoms with Crippen molar-refractivity contribution in [2.24, 2.45) is 20.9 Å². The van der Waals surface area contributed by atoms with Crippen LogP contribution in [0.1, 0.15) is 5.56 Å². The Morgan fingerprint density at radius 2 is 1.83 bits per heavy atom. The van der Waals surface area contributed by atoms with Crippen LogP contribution in [0, 0.1) is 0 Å². The molecular formula is C15H16N4O4S. The van der Waals surface area contributed by atoms with Gasteiger partial charge in [-0.25, -0.2) is 0 Å². The molecule has 0 unspecified atom stereocenters. The molecule has 0 heterocycles. The summed E-state index contributed by atoms with van der Waals surface area (Å²) >= 11 is 0. The van der Waals surface area contributed by atoms with Crippen molar-refractivity contribution in [3.05, 3.63) is 48.0 Å². The van der Waals surface area contributed by atoms with Gasteiger partial charge in [0.2, 0.25) is 5.96 Å². The van der Waals surface area contributed by atoms with Gasteiger partial charge >= 0.3 is 0 Å². The molecule has 5 N–H and O–H groups in total. The van der Waals surface area contributed by atoms with Crippen LogP contribution in [0.3, 0.4) is 0 Å². The fourth-order valence-corrected chi connectivity index (χ4v) is 2.70. The van der Waals surface area contributed by atoms with Crippen molar-refractivity contribution in [2.75, 3.05) is 7.11 Å². The van der Waals surface area contributed by atoms with Gasteiger partial charge < -0.3 is 21.3 Å². The zero-order valence-corrected chi connectivity index (χ0v) is 13.6. The molecular weight excluding hydrogens is 332 g/mol. The molecule has 126 valence electrons. The maximum atomic E-state index is 11.8. The number of nitrogens with zero attached hydrogens (tertiary/aromatic N) is 2. The van der Waals surface area contributed by atoms with Crippen molar-refractivity contribution in [3.8, 4) is 11.5 Å². The van der Waals surface area contributed by atoms with Crippen LogP contribution in [0.2, 0.25) is 0 Å². The second-order valence-electron chi connectivity index (χ2n) is 4.67. The SMILES string of the molecule is COc1ccc(C=Nc2ccc(S(=O)(=O)N=C(N)N)cc2)cc1O. The molecule has 0 bridgehead atoms. The molecule has 0 aliphatic heterocycles. The molecule has 0 amide bonds. The van der Waals surface area contributed by atoms with E-state index in [4.69, 9.17) is 16.2 Å². The van der Waals surface area contributed by atoms with Crippen molar-refractivity contribution in [1.82, 2.24) is 0 Å². The second kappa shape index (κ2) is 7.01. The fraction of sp³-hybridized carbons (Fsp3) is 0.0667. The quantitative estimate of drug-likeness (QED) is 0.546. The van der Waals surface area contributed by atoms with Crippen molar-refractivity contribution < 1.29 is 18.3 Å². The summed E-state index contributed by atoms with van der Waals surface area (Å²) in [6, 6.07) is 10.5. The number of benzene rings is 2. The molecule has 0 aromatic heterocycles. The highest BCUT2D eigenvalue weighted by Crippen LogP contribution is 2.26. The summed E-state index contributed by atoms with van der Waals surface area (Å²) < 4.78 is 31.8. The summed E-state index contributed by atoms with van der Waals surface area (Å²) in [4.78, 5) is 4.16. The lowest BCUT2D eigenvalue weighted by molar-refractivity contribution is 0.373. The highest BCUT2D eigenvalue weighted by molar-refractivity contribution is 7.90. The summed E-state index contributed by atoms with van der Waals surface area (Å²) in [7, 11) is -2.46. The van der Waals surface area contributed by atoms with Gasteiger partial charge in [-0.1, -0.05) is 0 Å². The van der Waals surface area contributed by atoms with Gasteiger partial charge in [-0.2, -0.15) is 8.42 Å². The molecule has 8 nitrogen and oxygen atoms in total. The fourth-order valence-electron chi connectivity index (χ4n) is 1.83. The average Bonchev–Trinajstić information content (AvgIpc) is 2.52. The molecule has 0 radical (unpaired) electrons. The standard InChI is InChI=1S/C15H16N4O4S/c1-23-14-7-2-10(8-13(14)20)9-18-11-3-5-12(6-4-11)24(21,22)19-15(16)17/h2-9,20H,1H3,(H4,16,17,19). The Bertz CT molecular complexity index is 886. The molecule has 0 spiro atoms. The van der Waals surface area contributed by atoms with Gasteiger partial charge in [0.05, 0.1) is 17.7 Å². The topological polar surface area (TPSA) is 140 Å². The molecule has 0 fully saturated rings. The number of sulfonamides is 1. The lowest BCUT2D eigenvalue weighted by Crippen LogP contribution is -2.24. The van der Waals surface area contributed by atoms with Crippen LogP contribution in [0.25, 0.3) is 0 Å². The smallest absolute Gasteiger partial charge is 0.285 e. The van der Waals surface area contributed by atoms with E-state index in [-0.39, 0.29) is 10.6 Å². The van der Waals surface area contributed by atoms with Crippen molar-refractivity contribution in [2.45, 2.75) is 4.90 Å². The zero-order chi connectivity index (χ0) is 17.7. The molecule has 2 rings (SSSR count). The first-order chi connectivity index (χ1) is 11.3. The lowest BCUT2D eigenvalue weighted by Gasteiger charge is -2.03. The molecule has 24 heavy (non-hydrogen) atoms. The highest BCUT2D eigenvalue weighted by atomic mass is 32.2. The van der Waals surface area contributed by atoms with E-state index in [1.54, 1.807) is 12.1 Å². The Kier molecular flexibility index (Phi) is 5.05.